The molecule has 0 aliphatic carbocycles. The summed E-state index contributed by atoms with van der Waals surface area (Å²) < 4.78 is 48.6. The fourth-order valence-corrected chi connectivity index (χ4v) is 10.2. The Kier molecular flexibility index (Phi) is 10.2. The van der Waals surface area contributed by atoms with Gasteiger partial charge in [0.1, 0.15) is 4.21 Å². The quantitative estimate of drug-likeness (QED) is 0.0743. The molecule has 0 aromatic carbocycles. The van der Waals surface area contributed by atoms with Gasteiger partial charge in [0.2, 0.25) is 5.91 Å². The highest BCUT2D eigenvalue weighted by molar-refractivity contribution is 14.2. The van der Waals surface area contributed by atoms with Crippen molar-refractivity contribution in [2.24, 2.45) is 0 Å². The molecule has 2 heterocycles. The van der Waals surface area contributed by atoms with E-state index in [2.05, 4.69) is 14.9 Å². The summed E-state index contributed by atoms with van der Waals surface area (Å²) in [5.41, 5.74) is 0.538. The standard InChI is InChI=1S/C15H27IN4O8S3/c1-3-17-12-10-19(6-4-7-27-2)31(25,26)15-11(12)9-14(29-15)30(16,24)18-13(21)5-8-28-20(22)23/h9,12,17,22-23,30H,3-8,10H2,1-2H3,(H,18,21,24)/t12-/m0/s1. The molecule has 4 N–H and O–H groups in total. The first-order valence-electron chi connectivity index (χ1n) is 9.31. The van der Waals surface area contributed by atoms with Gasteiger partial charge in [-0.1, -0.05) is 6.92 Å². The lowest BCUT2D eigenvalue weighted by Crippen LogP contribution is -2.43. The van der Waals surface area contributed by atoms with Gasteiger partial charge in [-0.15, -0.1) is 11.3 Å². The number of halogens is 1. The number of fused-ring (bicyclic) bond motifs is 1. The van der Waals surface area contributed by atoms with Crippen LogP contribution in [0.1, 0.15) is 31.4 Å². The molecular weight excluding hydrogens is 587 g/mol. The molecule has 0 bridgehead atoms. The number of sulfonamides is 1. The van der Waals surface area contributed by atoms with Crippen LogP contribution in [0.25, 0.3) is 0 Å². The van der Waals surface area contributed by atoms with Crippen molar-refractivity contribution < 1.29 is 37.4 Å². The molecule has 2 rings (SSSR count). The van der Waals surface area contributed by atoms with Crippen molar-refractivity contribution in [3.05, 3.63) is 11.6 Å². The SMILES string of the molecule is CCN[C@H]1CN(CCCOC)S(=O)(=O)c2sc([SH](=O)(I)NC(=O)CCON(O)O)cc21. The number of nitrogens with one attached hydrogen (secondary N) is 2. The second-order valence-corrected chi connectivity index (χ2v) is 15.9. The van der Waals surface area contributed by atoms with Crippen LogP contribution >= 0.6 is 32.5 Å². The first-order chi connectivity index (χ1) is 14.5. The molecule has 0 radical (unpaired) electrons. The molecule has 0 fully saturated rings. The minimum Gasteiger partial charge on any atom is -0.385 e. The van der Waals surface area contributed by atoms with Gasteiger partial charge in [-0.05, 0) is 19.0 Å². The van der Waals surface area contributed by atoms with Crippen LogP contribution in [0.5, 0.6) is 0 Å². The molecular formula is C15H27IN4O8S3. The van der Waals surface area contributed by atoms with E-state index in [9.17, 15) is 17.4 Å². The number of carbonyl (C=O) groups excluding carboxylic acids is 1. The third kappa shape index (κ3) is 7.10. The summed E-state index contributed by atoms with van der Waals surface area (Å²) in [6.45, 7) is 3.17. The van der Waals surface area contributed by atoms with Crippen LogP contribution in [0.4, 0.5) is 0 Å². The van der Waals surface area contributed by atoms with Crippen LogP contribution in [0.2, 0.25) is 0 Å². The van der Waals surface area contributed by atoms with Crippen molar-refractivity contribution in [3.8, 4) is 0 Å². The number of ether oxygens (including phenoxy) is 1. The third-order valence-corrected chi connectivity index (χ3v) is 13.2. The number of nitrogens with zero attached hydrogens (tertiary/aromatic N) is 2. The lowest BCUT2D eigenvalue weighted by molar-refractivity contribution is -0.491. The fourth-order valence-electron chi connectivity index (χ4n) is 2.99. The van der Waals surface area contributed by atoms with Crippen molar-refractivity contribution in [3.63, 3.8) is 0 Å². The lowest BCUT2D eigenvalue weighted by Gasteiger charge is -2.32. The average Bonchev–Trinajstić information content (AvgIpc) is 3.13. The number of carbonyl (C=O) groups is 1. The van der Waals surface area contributed by atoms with E-state index in [0.717, 1.165) is 11.3 Å². The zero-order chi connectivity index (χ0) is 23.2. The summed E-state index contributed by atoms with van der Waals surface area (Å²) >= 11 is 2.50. The third-order valence-electron chi connectivity index (χ3n) is 4.34. The maximum absolute atomic E-state index is 13.2. The second-order valence-electron chi connectivity index (χ2n) is 6.55. The Balaban J connectivity index is 2.26. The van der Waals surface area contributed by atoms with E-state index >= 15 is 0 Å². The molecule has 1 aromatic rings. The molecule has 1 atom stereocenters. The van der Waals surface area contributed by atoms with Crippen LogP contribution in [0, 0.1) is 0 Å². The highest BCUT2D eigenvalue weighted by Gasteiger charge is 2.39. The Morgan fingerprint density at radius 1 is 1.45 bits per heavy atom. The maximum atomic E-state index is 13.2. The summed E-state index contributed by atoms with van der Waals surface area (Å²) in [6, 6.07) is 1.31. The Labute approximate surface area is 197 Å². The Bertz CT molecular complexity index is 910. The van der Waals surface area contributed by atoms with E-state index in [-0.39, 0.29) is 34.0 Å². The fraction of sp³-hybridized carbons (Fsp3) is 0.667. The van der Waals surface area contributed by atoms with Crippen LogP contribution in [-0.4, -0.2) is 78.6 Å². The van der Waals surface area contributed by atoms with Gasteiger partial charge in [-0.2, -0.15) is 4.31 Å². The van der Waals surface area contributed by atoms with Gasteiger partial charge < -0.3 is 10.1 Å². The molecule has 1 aliphatic rings. The lowest BCUT2D eigenvalue weighted by atomic mass is 10.1. The minimum atomic E-state index is -3.77. The molecule has 180 valence electrons. The number of methoxy groups -OCH3 is 1. The van der Waals surface area contributed by atoms with Crippen molar-refractivity contribution >= 4 is 55.8 Å². The van der Waals surface area contributed by atoms with Crippen LogP contribution < -0.4 is 10.0 Å². The Hall–Kier alpha value is -0.280. The van der Waals surface area contributed by atoms with E-state index in [0.29, 0.717) is 31.7 Å². The molecule has 0 spiro atoms. The Morgan fingerprint density at radius 2 is 2.16 bits per heavy atom. The molecule has 0 saturated heterocycles. The largest absolute Gasteiger partial charge is 0.385 e. The number of rotatable bonds is 12. The topological polar surface area (TPSA) is 158 Å². The monoisotopic (exact) mass is 614 g/mol. The van der Waals surface area contributed by atoms with Crippen LogP contribution in [0.3, 0.4) is 0 Å². The van der Waals surface area contributed by atoms with Crippen molar-refractivity contribution in [2.75, 3.05) is 40.0 Å². The predicted molar refractivity (Wildman–Crippen MR) is 122 cm³/mol. The predicted octanol–water partition coefficient (Wildman–Crippen LogP) is 0.598. The highest BCUT2D eigenvalue weighted by atomic mass is 127. The van der Waals surface area contributed by atoms with Gasteiger partial charge in [0.15, 0.2) is 0 Å². The first-order valence-corrected chi connectivity index (χ1v) is 16.1. The molecule has 1 aromatic heterocycles. The summed E-state index contributed by atoms with van der Waals surface area (Å²) in [5.74, 6) is -0.641. The molecule has 0 unspecified atom stereocenters. The summed E-state index contributed by atoms with van der Waals surface area (Å²) in [7, 11) is -5.67. The number of thiophene rings is 1. The minimum absolute atomic E-state index is 0.114. The van der Waals surface area contributed by atoms with Gasteiger partial charge >= 0.3 is 0 Å². The number of amides is 1. The average molecular weight is 615 g/mol. The molecule has 12 nitrogen and oxygen atoms in total. The first kappa shape index (κ1) is 27.0. The summed E-state index contributed by atoms with van der Waals surface area (Å²) in [5, 5.41) is 19.7. The number of thiol groups is 1. The maximum Gasteiger partial charge on any atom is 0.252 e. The van der Waals surface area contributed by atoms with E-state index in [1.165, 1.54) is 4.31 Å². The van der Waals surface area contributed by atoms with Crippen molar-refractivity contribution in [1.29, 1.82) is 0 Å². The zero-order valence-corrected chi connectivity index (χ0v) is 21.7. The van der Waals surface area contributed by atoms with Gasteiger partial charge in [0, 0.05) is 66.9 Å². The number of hydrogen-bond acceptors (Lipinski definition) is 11. The smallest absolute Gasteiger partial charge is 0.252 e. The molecule has 0 saturated carbocycles. The highest BCUT2D eigenvalue weighted by Crippen LogP contribution is 2.42. The van der Waals surface area contributed by atoms with E-state index in [1.807, 2.05) is 6.92 Å². The Morgan fingerprint density at radius 3 is 2.77 bits per heavy atom. The van der Waals surface area contributed by atoms with Gasteiger partial charge in [-0.3, -0.25) is 29.0 Å². The number of likely N-dealkylation sites (N-methyl/N-ethyl adjacent to an activating group) is 1. The summed E-state index contributed by atoms with van der Waals surface area (Å²) in [4.78, 5) is 16.4. The van der Waals surface area contributed by atoms with Crippen LogP contribution in [0.15, 0.2) is 14.5 Å². The van der Waals surface area contributed by atoms with E-state index in [4.69, 9.17) is 15.2 Å². The van der Waals surface area contributed by atoms with Gasteiger partial charge in [0.25, 0.3) is 10.0 Å². The van der Waals surface area contributed by atoms with Gasteiger partial charge in [-0.25, -0.2) is 8.42 Å². The van der Waals surface area contributed by atoms with Crippen molar-refractivity contribution in [1.82, 2.24) is 19.7 Å². The zero-order valence-electron chi connectivity index (χ0n) is 17.0. The summed E-state index contributed by atoms with van der Waals surface area (Å²) in [6.07, 6.45) is 0.269. The number of hydrogen-bond donors (Lipinski definition) is 5. The van der Waals surface area contributed by atoms with Crippen molar-refractivity contribution in [2.45, 2.75) is 34.2 Å². The molecule has 1 aliphatic heterocycles. The van der Waals surface area contributed by atoms with Gasteiger partial charge in [0.05, 0.1) is 22.6 Å². The molecule has 1 amide bonds. The molecule has 31 heavy (non-hydrogen) atoms. The van der Waals surface area contributed by atoms with Crippen LogP contribution in [-0.2, 0) is 31.7 Å². The van der Waals surface area contributed by atoms with E-state index in [1.54, 1.807) is 34.4 Å². The normalized spacial score (nSPS) is 19.4. The second kappa shape index (κ2) is 11.7. The van der Waals surface area contributed by atoms with E-state index < -0.39 is 28.6 Å². The molecule has 16 heteroatoms.